The molecule has 0 radical (unpaired) electrons. The van der Waals surface area contributed by atoms with Crippen molar-refractivity contribution in [3.63, 3.8) is 0 Å². The number of aryl methyl sites for hydroxylation is 1. The number of rotatable bonds is 6. The number of hydrogen-bond donors (Lipinski definition) is 1. The molecule has 4 rings (SSSR count). The zero-order valence-electron chi connectivity index (χ0n) is 18.5. The van der Waals surface area contributed by atoms with Crippen molar-refractivity contribution in [3.8, 4) is 5.75 Å². The van der Waals surface area contributed by atoms with Gasteiger partial charge in [0.05, 0.1) is 26.9 Å². The van der Waals surface area contributed by atoms with Crippen LogP contribution in [0.3, 0.4) is 0 Å². The lowest BCUT2D eigenvalue weighted by Gasteiger charge is -2.35. The standard InChI is InChI=1S/C24H32N4O3/c1-18-14-21(26-20-5-7-22(30-2)8-6-20)15-23(25-18)19-4-3-9-28(16-19)24(29)17-27-10-12-31-13-11-27/h5-8,14-15,19H,3-4,9-13,16-17H2,1-2H3,(H,25,26)/t19-/m0/s1. The fourth-order valence-corrected chi connectivity index (χ4v) is 4.31. The highest BCUT2D eigenvalue weighted by molar-refractivity contribution is 5.78. The number of amides is 1. The summed E-state index contributed by atoms with van der Waals surface area (Å²) in [4.78, 5) is 21.9. The number of morpholine rings is 1. The van der Waals surface area contributed by atoms with Crippen molar-refractivity contribution in [2.24, 2.45) is 0 Å². The van der Waals surface area contributed by atoms with Crippen molar-refractivity contribution in [1.29, 1.82) is 0 Å². The van der Waals surface area contributed by atoms with E-state index in [0.29, 0.717) is 19.8 Å². The topological polar surface area (TPSA) is 66.9 Å². The van der Waals surface area contributed by atoms with Gasteiger partial charge in [-0.05, 0) is 56.2 Å². The SMILES string of the molecule is COc1ccc(Nc2cc(C)nc([C@H]3CCCN(C(=O)CN4CCOCC4)C3)c2)cc1. The molecule has 2 aromatic rings. The third kappa shape index (κ3) is 5.74. The normalized spacial score (nSPS) is 19.8. The minimum Gasteiger partial charge on any atom is -0.497 e. The predicted molar refractivity (Wildman–Crippen MR) is 121 cm³/mol. The van der Waals surface area contributed by atoms with Gasteiger partial charge < -0.3 is 19.7 Å². The molecule has 2 fully saturated rings. The van der Waals surface area contributed by atoms with Crippen LogP contribution >= 0.6 is 0 Å². The van der Waals surface area contributed by atoms with Crippen LogP contribution in [-0.2, 0) is 9.53 Å². The Morgan fingerprint density at radius 3 is 2.68 bits per heavy atom. The average Bonchev–Trinajstić information content (AvgIpc) is 2.80. The van der Waals surface area contributed by atoms with Crippen molar-refractivity contribution in [1.82, 2.24) is 14.8 Å². The largest absolute Gasteiger partial charge is 0.497 e. The van der Waals surface area contributed by atoms with E-state index in [-0.39, 0.29) is 11.8 Å². The first-order chi connectivity index (χ1) is 15.1. The van der Waals surface area contributed by atoms with Crippen LogP contribution in [0.4, 0.5) is 11.4 Å². The first-order valence-electron chi connectivity index (χ1n) is 11.1. The molecule has 0 bridgehead atoms. The molecule has 31 heavy (non-hydrogen) atoms. The van der Waals surface area contributed by atoms with Crippen molar-refractivity contribution in [2.45, 2.75) is 25.7 Å². The van der Waals surface area contributed by atoms with E-state index in [1.807, 2.05) is 36.1 Å². The molecule has 7 heteroatoms. The van der Waals surface area contributed by atoms with Gasteiger partial charge in [-0.3, -0.25) is 14.7 Å². The van der Waals surface area contributed by atoms with Gasteiger partial charge in [0.25, 0.3) is 0 Å². The van der Waals surface area contributed by atoms with Crippen molar-refractivity contribution in [2.75, 3.05) is 58.4 Å². The van der Waals surface area contributed by atoms with E-state index in [0.717, 1.165) is 67.5 Å². The number of nitrogens with one attached hydrogen (secondary N) is 1. The lowest BCUT2D eigenvalue weighted by atomic mass is 9.93. The molecule has 166 valence electrons. The fourth-order valence-electron chi connectivity index (χ4n) is 4.31. The number of methoxy groups -OCH3 is 1. The Kier molecular flexibility index (Phi) is 7.04. The number of piperidine rings is 1. The summed E-state index contributed by atoms with van der Waals surface area (Å²) in [7, 11) is 1.67. The second kappa shape index (κ2) is 10.1. The van der Waals surface area contributed by atoms with Gasteiger partial charge in [0.15, 0.2) is 0 Å². The van der Waals surface area contributed by atoms with Crippen molar-refractivity contribution >= 4 is 17.3 Å². The molecule has 3 heterocycles. The number of anilines is 2. The Hall–Kier alpha value is -2.64. The summed E-state index contributed by atoms with van der Waals surface area (Å²) in [5.41, 5.74) is 4.05. The number of ether oxygens (including phenoxy) is 2. The molecule has 1 atom stereocenters. The van der Waals surface area contributed by atoms with Crippen molar-refractivity contribution < 1.29 is 14.3 Å². The highest BCUT2D eigenvalue weighted by atomic mass is 16.5. The number of pyridine rings is 1. The number of likely N-dealkylation sites (tertiary alicyclic amines) is 1. The Bertz CT molecular complexity index is 881. The van der Waals surface area contributed by atoms with Crippen LogP contribution in [-0.4, -0.2) is 73.7 Å². The lowest BCUT2D eigenvalue weighted by molar-refractivity contribution is -0.134. The second-order valence-electron chi connectivity index (χ2n) is 8.34. The van der Waals surface area contributed by atoms with Gasteiger partial charge in [-0.25, -0.2) is 0 Å². The Labute approximate surface area is 184 Å². The van der Waals surface area contributed by atoms with E-state index in [2.05, 4.69) is 22.3 Å². The molecule has 2 aliphatic heterocycles. The molecule has 1 aromatic heterocycles. The molecule has 2 saturated heterocycles. The van der Waals surface area contributed by atoms with Crippen LogP contribution in [0.15, 0.2) is 36.4 Å². The molecule has 1 amide bonds. The maximum atomic E-state index is 12.9. The highest BCUT2D eigenvalue weighted by Crippen LogP contribution is 2.29. The molecule has 2 aliphatic rings. The van der Waals surface area contributed by atoms with Gasteiger partial charge in [0.1, 0.15) is 5.75 Å². The third-order valence-corrected chi connectivity index (χ3v) is 6.01. The van der Waals surface area contributed by atoms with Gasteiger partial charge in [0, 0.05) is 54.9 Å². The zero-order chi connectivity index (χ0) is 21.6. The molecule has 0 saturated carbocycles. The smallest absolute Gasteiger partial charge is 0.236 e. The van der Waals surface area contributed by atoms with Crippen LogP contribution in [0.2, 0.25) is 0 Å². The summed E-state index contributed by atoms with van der Waals surface area (Å²) in [5, 5.41) is 3.47. The van der Waals surface area contributed by atoms with Crippen molar-refractivity contribution in [3.05, 3.63) is 47.8 Å². The first-order valence-corrected chi connectivity index (χ1v) is 11.1. The van der Waals surface area contributed by atoms with Gasteiger partial charge in [-0.15, -0.1) is 0 Å². The van der Waals surface area contributed by atoms with E-state index < -0.39 is 0 Å². The van der Waals surface area contributed by atoms with E-state index in [1.54, 1.807) is 7.11 Å². The highest BCUT2D eigenvalue weighted by Gasteiger charge is 2.27. The minimum absolute atomic E-state index is 0.218. The number of nitrogens with zero attached hydrogens (tertiary/aromatic N) is 3. The van der Waals surface area contributed by atoms with Crippen LogP contribution in [0.1, 0.15) is 30.1 Å². The zero-order valence-corrected chi connectivity index (χ0v) is 18.5. The minimum atomic E-state index is 0.218. The van der Waals surface area contributed by atoms with Gasteiger partial charge >= 0.3 is 0 Å². The molecular weight excluding hydrogens is 392 g/mol. The second-order valence-corrected chi connectivity index (χ2v) is 8.34. The number of carbonyl (C=O) groups excluding carboxylic acids is 1. The summed E-state index contributed by atoms with van der Waals surface area (Å²) in [6.07, 6.45) is 2.07. The number of benzene rings is 1. The Morgan fingerprint density at radius 2 is 1.94 bits per heavy atom. The average molecular weight is 425 g/mol. The van der Waals surface area contributed by atoms with Crippen LogP contribution < -0.4 is 10.1 Å². The van der Waals surface area contributed by atoms with E-state index >= 15 is 0 Å². The molecule has 7 nitrogen and oxygen atoms in total. The van der Waals surface area contributed by atoms with Gasteiger partial charge in [0.2, 0.25) is 5.91 Å². The maximum absolute atomic E-state index is 12.9. The summed E-state index contributed by atoms with van der Waals surface area (Å²) in [6, 6.07) is 12.1. The van der Waals surface area contributed by atoms with Gasteiger partial charge in [-0.2, -0.15) is 0 Å². The molecule has 1 aromatic carbocycles. The predicted octanol–water partition coefficient (Wildman–Crippen LogP) is 3.18. The van der Waals surface area contributed by atoms with Gasteiger partial charge in [-0.1, -0.05) is 0 Å². The van der Waals surface area contributed by atoms with E-state index in [9.17, 15) is 4.79 Å². The summed E-state index contributed by atoms with van der Waals surface area (Å²) >= 11 is 0. The summed E-state index contributed by atoms with van der Waals surface area (Å²) in [5.74, 6) is 1.32. The molecule has 0 aliphatic carbocycles. The Morgan fingerprint density at radius 1 is 1.16 bits per heavy atom. The van der Waals surface area contributed by atoms with Crippen LogP contribution in [0, 0.1) is 6.92 Å². The van der Waals surface area contributed by atoms with Crippen LogP contribution in [0.25, 0.3) is 0 Å². The molecule has 0 spiro atoms. The molecular formula is C24H32N4O3. The number of carbonyl (C=O) groups is 1. The van der Waals surface area contributed by atoms with E-state index in [1.165, 1.54) is 0 Å². The summed E-state index contributed by atoms with van der Waals surface area (Å²) < 4.78 is 10.6. The Balaban J connectivity index is 1.42. The number of hydrogen-bond acceptors (Lipinski definition) is 6. The monoisotopic (exact) mass is 424 g/mol. The third-order valence-electron chi connectivity index (χ3n) is 6.01. The quantitative estimate of drug-likeness (QED) is 0.768. The lowest BCUT2D eigenvalue weighted by Crippen LogP contribution is -2.47. The maximum Gasteiger partial charge on any atom is 0.236 e. The summed E-state index contributed by atoms with van der Waals surface area (Å²) in [6.45, 7) is 7.18. The molecule has 0 unspecified atom stereocenters. The number of aromatic nitrogens is 1. The molecule has 1 N–H and O–H groups in total. The van der Waals surface area contributed by atoms with E-state index in [4.69, 9.17) is 14.5 Å². The van der Waals surface area contributed by atoms with Crippen LogP contribution in [0.5, 0.6) is 5.75 Å². The fraction of sp³-hybridized carbons (Fsp3) is 0.500. The first kappa shape index (κ1) is 21.6.